The number of amides is 1. The highest BCUT2D eigenvalue weighted by molar-refractivity contribution is 5.76. The molecule has 5 nitrogen and oxygen atoms in total. The van der Waals surface area contributed by atoms with Crippen LogP contribution in [0.1, 0.15) is 43.1 Å². The van der Waals surface area contributed by atoms with Gasteiger partial charge in [0.2, 0.25) is 5.91 Å². The van der Waals surface area contributed by atoms with E-state index in [9.17, 15) is 4.79 Å². The number of aromatic nitrogens is 2. The van der Waals surface area contributed by atoms with Crippen LogP contribution >= 0.6 is 0 Å². The van der Waals surface area contributed by atoms with E-state index in [1.165, 1.54) is 17.7 Å². The zero-order chi connectivity index (χ0) is 15.4. The summed E-state index contributed by atoms with van der Waals surface area (Å²) in [6, 6.07) is 0.427. The Morgan fingerprint density at radius 3 is 2.76 bits per heavy atom. The molecule has 0 aromatic carbocycles. The molecule has 1 aliphatic rings. The Morgan fingerprint density at radius 2 is 2.19 bits per heavy atom. The second-order valence-electron chi connectivity index (χ2n) is 6.05. The Bertz CT molecular complexity index is 495. The van der Waals surface area contributed by atoms with E-state index in [0.717, 1.165) is 31.6 Å². The lowest BCUT2D eigenvalue weighted by Crippen LogP contribution is -2.34. The molecule has 1 fully saturated rings. The quantitative estimate of drug-likeness (QED) is 0.867. The van der Waals surface area contributed by atoms with Crippen LogP contribution < -0.4 is 5.32 Å². The van der Waals surface area contributed by atoms with Crippen LogP contribution in [0.3, 0.4) is 0 Å². The second-order valence-corrected chi connectivity index (χ2v) is 6.05. The van der Waals surface area contributed by atoms with Gasteiger partial charge in [-0.15, -0.1) is 0 Å². The van der Waals surface area contributed by atoms with Gasteiger partial charge in [-0.3, -0.25) is 9.48 Å². The summed E-state index contributed by atoms with van der Waals surface area (Å²) in [5.74, 6) is 0.173. The van der Waals surface area contributed by atoms with Crippen LogP contribution in [0.2, 0.25) is 0 Å². The SMILES string of the molecule is CCn1nc(C)c(CCNC(=O)CC2CCCN2C)c1C. The van der Waals surface area contributed by atoms with Gasteiger partial charge in [-0.25, -0.2) is 0 Å². The topological polar surface area (TPSA) is 50.2 Å². The lowest BCUT2D eigenvalue weighted by molar-refractivity contribution is -0.122. The second kappa shape index (κ2) is 7.07. The number of hydrogen-bond donors (Lipinski definition) is 1. The molecule has 1 aromatic heterocycles. The summed E-state index contributed by atoms with van der Waals surface area (Å²) < 4.78 is 2.03. The maximum absolute atomic E-state index is 12.0. The first-order chi connectivity index (χ1) is 10.0. The van der Waals surface area contributed by atoms with Crippen LogP contribution in [-0.4, -0.2) is 46.8 Å². The molecule has 2 heterocycles. The molecule has 1 amide bonds. The minimum absolute atomic E-state index is 0.173. The summed E-state index contributed by atoms with van der Waals surface area (Å²) >= 11 is 0. The fourth-order valence-electron chi connectivity index (χ4n) is 3.25. The number of hydrogen-bond acceptors (Lipinski definition) is 3. The number of aryl methyl sites for hydroxylation is 2. The Hall–Kier alpha value is -1.36. The van der Waals surface area contributed by atoms with Crippen molar-refractivity contribution in [2.24, 2.45) is 0 Å². The minimum atomic E-state index is 0.173. The van der Waals surface area contributed by atoms with E-state index < -0.39 is 0 Å². The van der Waals surface area contributed by atoms with Crippen LogP contribution in [-0.2, 0) is 17.8 Å². The van der Waals surface area contributed by atoms with Crippen LogP contribution in [0, 0.1) is 13.8 Å². The van der Waals surface area contributed by atoms with Gasteiger partial charge in [0.15, 0.2) is 0 Å². The van der Waals surface area contributed by atoms with Crippen LogP contribution in [0.25, 0.3) is 0 Å². The number of nitrogens with zero attached hydrogens (tertiary/aromatic N) is 3. The van der Waals surface area contributed by atoms with E-state index in [1.807, 2.05) is 11.6 Å². The molecule has 5 heteroatoms. The molecule has 0 aliphatic carbocycles. The monoisotopic (exact) mass is 292 g/mol. The van der Waals surface area contributed by atoms with E-state index in [0.29, 0.717) is 19.0 Å². The van der Waals surface area contributed by atoms with Gasteiger partial charge in [0.25, 0.3) is 0 Å². The van der Waals surface area contributed by atoms with Gasteiger partial charge in [-0.05, 0) is 59.2 Å². The largest absolute Gasteiger partial charge is 0.356 e. The number of carbonyl (C=O) groups excluding carboxylic acids is 1. The highest BCUT2D eigenvalue weighted by atomic mass is 16.1. The van der Waals surface area contributed by atoms with Crippen molar-refractivity contribution in [1.82, 2.24) is 20.0 Å². The van der Waals surface area contributed by atoms with Crippen LogP contribution in [0.15, 0.2) is 0 Å². The molecule has 0 spiro atoms. The van der Waals surface area contributed by atoms with Crippen LogP contribution in [0.5, 0.6) is 0 Å². The smallest absolute Gasteiger partial charge is 0.221 e. The first-order valence-corrected chi connectivity index (χ1v) is 8.02. The molecule has 1 aromatic rings. The normalized spacial score (nSPS) is 19.1. The van der Waals surface area contributed by atoms with Crippen molar-refractivity contribution in [3.8, 4) is 0 Å². The molecule has 1 atom stereocenters. The Kier molecular flexibility index (Phi) is 5.39. The van der Waals surface area contributed by atoms with Gasteiger partial charge < -0.3 is 10.2 Å². The molecule has 1 unspecified atom stereocenters. The summed E-state index contributed by atoms with van der Waals surface area (Å²) in [6.07, 6.45) is 3.85. The number of carbonyl (C=O) groups is 1. The lowest BCUT2D eigenvalue weighted by Gasteiger charge is -2.18. The van der Waals surface area contributed by atoms with Crippen molar-refractivity contribution >= 4 is 5.91 Å². The third-order valence-electron chi connectivity index (χ3n) is 4.62. The molecule has 0 radical (unpaired) electrons. The van der Waals surface area contributed by atoms with Crippen molar-refractivity contribution in [2.45, 2.75) is 59.0 Å². The molecule has 118 valence electrons. The third kappa shape index (κ3) is 3.84. The fraction of sp³-hybridized carbons (Fsp3) is 0.750. The Morgan fingerprint density at radius 1 is 1.43 bits per heavy atom. The number of likely N-dealkylation sites (tertiary alicyclic amines) is 1. The first kappa shape index (κ1) is 16.0. The summed E-state index contributed by atoms with van der Waals surface area (Å²) in [6.45, 7) is 8.97. The predicted octanol–water partition coefficient (Wildman–Crippen LogP) is 1.66. The summed E-state index contributed by atoms with van der Waals surface area (Å²) in [7, 11) is 2.11. The highest BCUT2D eigenvalue weighted by Crippen LogP contribution is 2.17. The zero-order valence-corrected chi connectivity index (χ0v) is 13.8. The van der Waals surface area contributed by atoms with Crippen molar-refractivity contribution in [2.75, 3.05) is 20.1 Å². The van der Waals surface area contributed by atoms with E-state index >= 15 is 0 Å². The van der Waals surface area contributed by atoms with Gasteiger partial charge in [-0.2, -0.15) is 5.10 Å². The van der Waals surface area contributed by atoms with E-state index in [1.54, 1.807) is 0 Å². The van der Waals surface area contributed by atoms with Crippen molar-refractivity contribution in [3.63, 3.8) is 0 Å². The minimum Gasteiger partial charge on any atom is -0.356 e. The maximum Gasteiger partial charge on any atom is 0.221 e. The van der Waals surface area contributed by atoms with Gasteiger partial charge in [0.05, 0.1) is 5.69 Å². The van der Waals surface area contributed by atoms with Crippen LogP contribution in [0.4, 0.5) is 0 Å². The molecular weight excluding hydrogens is 264 g/mol. The maximum atomic E-state index is 12.0. The van der Waals surface area contributed by atoms with Gasteiger partial charge >= 0.3 is 0 Å². The molecule has 2 rings (SSSR count). The van der Waals surface area contributed by atoms with E-state index in [-0.39, 0.29) is 5.91 Å². The first-order valence-electron chi connectivity index (χ1n) is 8.02. The molecule has 0 saturated carbocycles. The highest BCUT2D eigenvalue weighted by Gasteiger charge is 2.23. The third-order valence-corrected chi connectivity index (χ3v) is 4.62. The molecular formula is C16H28N4O. The van der Waals surface area contributed by atoms with Gasteiger partial charge in [0, 0.05) is 31.2 Å². The Balaban J connectivity index is 1.79. The predicted molar refractivity (Wildman–Crippen MR) is 84.4 cm³/mol. The van der Waals surface area contributed by atoms with Gasteiger partial charge in [0.1, 0.15) is 0 Å². The summed E-state index contributed by atoms with van der Waals surface area (Å²) in [5, 5.41) is 7.57. The molecule has 0 bridgehead atoms. The average Bonchev–Trinajstić information content (AvgIpc) is 2.96. The van der Waals surface area contributed by atoms with Gasteiger partial charge in [-0.1, -0.05) is 0 Å². The standard InChI is InChI=1S/C16H28N4O/c1-5-20-13(3)15(12(2)18-20)8-9-17-16(21)11-14-7-6-10-19(14)4/h14H,5-11H2,1-4H3,(H,17,21). The summed E-state index contributed by atoms with van der Waals surface area (Å²) in [5.41, 5.74) is 3.58. The summed E-state index contributed by atoms with van der Waals surface area (Å²) in [4.78, 5) is 14.3. The van der Waals surface area contributed by atoms with Crippen molar-refractivity contribution < 1.29 is 4.79 Å². The molecule has 1 aliphatic heterocycles. The molecule has 1 N–H and O–H groups in total. The van der Waals surface area contributed by atoms with Crippen molar-refractivity contribution in [1.29, 1.82) is 0 Å². The average molecular weight is 292 g/mol. The lowest BCUT2D eigenvalue weighted by atomic mass is 10.1. The van der Waals surface area contributed by atoms with E-state index in [2.05, 4.69) is 36.2 Å². The van der Waals surface area contributed by atoms with E-state index in [4.69, 9.17) is 0 Å². The number of rotatable bonds is 6. The number of nitrogens with one attached hydrogen (secondary N) is 1. The van der Waals surface area contributed by atoms with Crippen molar-refractivity contribution in [3.05, 3.63) is 17.0 Å². The zero-order valence-electron chi connectivity index (χ0n) is 13.8. The Labute approximate surface area is 127 Å². The molecule has 1 saturated heterocycles. The molecule has 21 heavy (non-hydrogen) atoms. The fourth-order valence-corrected chi connectivity index (χ4v) is 3.25.